The van der Waals surface area contributed by atoms with Crippen molar-refractivity contribution < 1.29 is 9.59 Å². The quantitative estimate of drug-likeness (QED) is 0.904. The highest BCUT2D eigenvalue weighted by Crippen LogP contribution is 2.17. The molecule has 1 N–H and O–H groups in total. The smallest absolute Gasteiger partial charge is 0.317 e. The van der Waals surface area contributed by atoms with Gasteiger partial charge in [-0.2, -0.15) is 5.10 Å². The number of aryl methyl sites for hydroxylation is 1. The van der Waals surface area contributed by atoms with Gasteiger partial charge in [-0.15, -0.1) is 0 Å². The molecular formula is C18H29N5O2. The molecule has 0 atom stereocenters. The van der Waals surface area contributed by atoms with Gasteiger partial charge < -0.3 is 15.1 Å². The van der Waals surface area contributed by atoms with Crippen molar-refractivity contribution >= 4 is 11.9 Å². The maximum Gasteiger partial charge on any atom is 0.317 e. The first-order chi connectivity index (χ1) is 12.2. The van der Waals surface area contributed by atoms with E-state index in [9.17, 15) is 9.59 Å². The fourth-order valence-corrected chi connectivity index (χ4v) is 3.68. The van der Waals surface area contributed by atoms with Crippen molar-refractivity contribution in [2.24, 2.45) is 0 Å². The summed E-state index contributed by atoms with van der Waals surface area (Å²) in [5.41, 5.74) is 0. The highest BCUT2D eigenvalue weighted by atomic mass is 16.2. The van der Waals surface area contributed by atoms with Crippen molar-refractivity contribution in [3.05, 3.63) is 18.5 Å². The number of nitrogens with one attached hydrogen (secondary N) is 1. The lowest BCUT2D eigenvalue weighted by molar-refractivity contribution is -0.131. The molecule has 1 saturated heterocycles. The Bertz CT molecular complexity index is 554. The van der Waals surface area contributed by atoms with Gasteiger partial charge in [0.1, 0.15) is 0 Å². The summed E-state index contributed by atoms with van der Waals surface area (Å²) in [4.78, 5) is 28.6. The summed E-state index contributed by atoms with van der Waals surface area (Å²) < 4.78 is 1.78. The fraction of sp³-hybridized carbons (Fsp3) is 0.722. The first kappa shape index (κ1) is 17.8. The number of amides is 3. The molecule has 0 spiro atoms. The zero-order chi connectivity index (χ0) is 17.5. The number of carbonyl (C=O) groups is 2. The Morgan fingerprint density at radius 1 is 1.00 bits per heavy atom. The van der Waals surface area contributed by atoms with Crippen LogP contribution in [0.4, 0.5) is 4.79 Å². The van der Waals surface area contributed by atoms with Crippen molar-refractivity contribution in [2.45, 2.75) is 57.5 Å². The summed E-state index contributed by atoms with van der Waals surface area (Å²) in [7, 11) is 0. The predicted octanol–water partition coefficient (Wildman–Crippen LogP) is 1.85. The first-order valence-corrected chi connectivity index (χ1v) is 9.53. The van der Waals surface area contributed by atoms with Crippen LogP contribution >= 0.6 is 0 Å². The van der Waals surface area contributed by atoms with Crippen LogP contribution in [0.25, 0.3) is 0 Å². The van der Waals surface area contributed by atoms with Gasteiger partial charge in [-0.05, 0) is 25.3 Å². The van der Waals surface area contributed by atoms with Crippen LogP contribution < -0.4 is 5.32 Å². The lowest BCUT2D eigenvalue weighted by Gasteiger charge is -2.27. The molecule has 7 nitrogen and oxygen atoms in total. The van der Waals surface area contributed by atoms with E-state index in [-0.39, 0.29) is 11.9 Å². The number of hydrogen-bond acceptors (Lipinski definition) is 3. The molecule has 1 saturated carbocycles. The minimum absolute atomic E-state index is 0.0396. The van der Waals surface area contributed by atoms with Crippen molar-refractivity contribution in [2.75, 3.05) is 26.2 Å². The van der Waals surface area contributed by atoms with Gasteiger partial charge in [0.2, 0.25) is 5.91 Å². The monoisotopic (exact) mass is 347 g/mol. The SMILES string of the molecule is O=C(CCn1cccn1)N1CCCN(C(=O)NC2CCCCC2)CC1. The summed E-state index contributed by atoms with van der Waals surface area (Å²) in [6.45, 7) is 3.29. The Hall–Kier alpha value is -2.05. The van der Waals surface area contributed by atoms with E-state index in [0.29, 0.717) is 32.1 Å². The zero-order valence-electron chi connectivity index (χ0n) is 14.9. The van der Waals surface area contributed by atoms with Crippen molar-refractivity contribution in [3.63, 3.8) is 0 Å². The molecule has 3 rings (SSSR count). The first-order valence-electron chi connectivity index (χ1n) is 9.53. The molecule has 1 aliphatic heterocycles. The molecule has 25 heavy (non-hydrogen) atoms. The Morgan fingerprint density at radius 2 is 1.76 bits per heavy atom. The molecule has 2 aliphatic rings. The van der Waals surface area contributed by atoms with Crippen molar-refractivity contribution in [3.8, 4) is 0 Å². The molecule has 1 aliphatic carbocycles. The Balaban J connectivity index is 1.43. The van der Waals surface area contributed by atoms with Crippen LogP contribution in [-0.2, 0) is 11.3 Å². The van der Waals surface area contributed by atoms with Crippen LogP contribution in [0.2, 0.25) is 0 Å². The third kappa shape index (κ3) is 5.21. The normalized spacial score (nSPS) is 19.5. The van der Waals surface area contributed by atoms with E-state index in [2.05, 4.69) is 10.4 Å². The van der Waals surface area contributed by atoms with Crippen LogP contribution in [0.3, 0.4) is 0 Å². The zero-order valence-corrected chi connectivity index (χ0v) is 14.9. The largest absolute Gasteiger partial charge is 0.341 e. The van der Waals surface area contributed by atoms with Crippen LogP contribution in [0.1, 0.15) is 44.9 Å². The van der Waals surface area contributed by atoms with Crippen LogP contribution in [0.15, 0.2) is 18.5 Å². The maximum atomic E-state index is 12.5. The number of hydrogen-bond donors (Lipinski definition) is 1. The Kier molecular flexibility index (Phi) is 6.30. The van der Waals surface area contributed by atoms with Crippen molar-refractivity contribution in [1.29, 1.82) is 0 Å². The minimum atomic E-state index is 0.0396. The van der Waals surface area contributed by atoms with Gasteiger partial charge in [0.05, 0.1) is 0 Å². The van der Waals surface area contributed by atoms with E-state index in [1.54, 1.807) is 10.9 Å². The second-order valence-corrected chi connectivity index (χ2v) is 7.02. The van der Waals surface area contributed by atoms with Gasteiger partial charge >= 0.3 is 6.03 Å². The number of urea groups is 1. The minimum Gasteiger partial charge on any atom is -0.341 e. The molecule has 0 radical (unpaired) electrons. The van der Waals surface area contributed by atoms with Crippen LogP contribution in [-0.4, -0.2) is 63.7 Å². The van der Waals surface area contributed by atoms with Gasteiger partial charge in [-0.1, -0.05) is 19.3 Å². The molecule has 0 bridgehead atoms. The van der Waals surface area contributed by atoms with Crippen molar-refractivity contribution in [1.82, 2.24) is 24.9 Å². The third-order valence-corrected chi connectivity index (χ3v) is 5.18. The molecule has 0 unspecified atom stereocenters. The summed E-state index contributed by atoms with van der Waals surface area (Å²) in [6.07, 6.45) is 10.8. The van der Waals surface area contributed by atoms with E-state index in [1.165, 1.54) is 19.3 Å². The predicted molar refractivity (Wildman–Crippen MR) is 95.0 cm³/mol. The molecule has 2 heterocycles. The van der Waals surface area contributed by atoms with E-state index < -0.39 is 0 Å². The standard InChI is InChI=1S/C18H29N5O2/c24-17(8-13-23-12-4-9-19-23)21-10-5-11-22(15-14-21)18(25)20-16-6-2-1-3-7-16/h4,9,12,16H,1-3,5-8,10-11,13-15H2,(H,20,25). The molecule has 7 heteroatoms. The van der Waals surface area contributed by atoms with Crippen LogP contribution in [0.5, 0.6) is 0 Å². The van der Waals surface area contributed by atoms with E-state index in [1.807, 2.05) is 22.1 Å². The van der Waals surface area contributed by atoms with E-state index in [0.717, 1.165) is 32.4 Å². The molecule has 2 fully saturated rings. The summed E-state index contributed by atoms with van der Waals surface area (Å²) in [6, 6.07) is 2.23. The number of rotatable bonds is 4. The van der Waals surface area contributed by atoms with Gasteiger partial charge in [-0.25, -0.2) is 4.79 Å². The highest BCUT2D eigenvalue weighted by Gasteiger charge is 2.24. The van der Waals surface area contributed by atoms with Crippen LogP contribution in [0, 0.1) is 0 Å². The highest BCUT2D eigenvalue weighted by molar-refractivity contribution is 5.77. The molecular weight excluding hydrogens is 318 g/mol. The topological polar surface area (TPSA) is 70.5 Å². The Labute approximate surface area is 149 Å². The maximum absolute atomic E-state index is 12.5. The average molecular weight is 347 g/mol. The van der Waals surface area contributed by atoms with E-state index >= 15 is 0 Å². The lowest BCUT2D eigenvalue weighted by Crippen LogP contribution is -2.47. The number of carbonyl (C=O) groups excluding carboxylic acids is 2. The molecule has 1 aromatic rings. The summed E-state index contributed by atoms with van der Waals surface area (Å²) >= 11 is 0. The second kappa shape index (κ2) is 8.87. The number of aromatic nitrogens is 2. The number of nitrogens with zero attached hydrogens (tertiary/aromatic N) is 4. The third-order valence-electron chi connectivity index (χ3n) is 5.18. The molecule has 3 amide bonds. The van der Waals surface area contributed by atoms with Gasteiger partial charge in [0.25, 0.3) is 0 Å². The molecule has 0 aromatic carbocycles. The average Bonchev–Trinajstić information content (AvgIpc) is 3.02. The van der Waals surface area contributed by atoms with E-state index in [4.69, 9.17) is 0 Å². The Morgan fingerprint density at radius 3 is 2.52 bits per heavy atom. The van der Waals surface area contributed by atoms with Gasteiger partial charge in [0, 0.05) is 57.6 Å². The summed E-state index contributed by atoms with van der Waals surface area (Å²) in [5, 5.41) is 7.30. The van der Waals surface area contributed by atoms with Gasteiger partial charge in [-0.3, -0.25) is 9.48 Å². The second-order valence-electron chi connectivity index (χ2n) is 7.02. The molecule has 138 valence electrons. The summed E-state index contributed by atoms with van der Waals surface area (Å²) in [5.74, 6) is 0.144. The van der Waals surface area contributed by atoms with Gasteiger partial charge in [0.15, 0.2) is 0 Å². The fourth-order valence-electron chi connectivity index (χ4n) is 3.68. The molecule has 1 aromatic heterocycles. The lowest BCUT2D eigenvalue weighted by atomic mass is 9.96.